The number of nitrogens with zero attached hydrogens (tertiary/aromatic N) is 1. The first-order chi connectivity index (χ1) is 12.8. The number of amides is 1. The molecule has 0 heterocycles. The number of anilines is 1. The Bertz CT molecular complexity index is 850. The van der Waals surface area contributed by atoms with Gasteiger partial charge in [-0.25, -0.2) is 0 Å². The molecule has 0 aliphatic rings. The van der Waals surface area contributed by atoms with Crippen molar-refractivity contribution in [3.8, 4) is 5.75 Å². The topological polar surface area (TPSA) is 98.5 Å². The highest BCUT2D eigenvalue weighted by molar-refractivity contribution is 6.30. The Labute approximate surface area is 161 Å². The van der Waals surface area contributed by atoms with E-state index >= 15 is 0 Å². The van der Waals surface area contributed by atoms with Crippen molar-refractivity contribution < 1.29 is 19.2 Å². The number of ketones is 1. The lowest BCUT2D eigenvalue weighted by atomic mass is 10.1. The van der Waals surface area contributed by atoms with E-state index in [0.29, 0.717) is 17.7 Å². The molecule has 0 fully saturated rings. The second kappa shape index (κ2) is 9.14. The summed E-state index contributed by atoms with van der Waals surface area (Å²) >= 11 is 5.74. The monoisotopic (exact) mass is 390 g/mol. The standard InChI is InChI=1S/C19H19ClN2O5/c1-12(2)9-19(24)21-15-6-3-13(4-7-15)17(23)11-27-18-8-5-14(20)10-16(18)22(25)26/h3-8,10,12H,9,11H2,1-2H3,(H,21,24). The molecule has 7 nitrogen and oxygen atoms in total. The number of carbonyl (C=O) groups excluding carboxylic acids is 2. The zero-order valence-corrected chi connectivity index (χ0v) is 15.7. The van der Waals surface area contributed by atoms with Gasteiger partial charge in [0.05, 0.1) is 4.92 Å². The molecule has 0 unspecified atom stereocenters. The lowest BCUT2D eigenvalue weighted by Crippen LogP contribution is -2.14. The van der Waals surface area contributed by atoms with Gasteiger partial charge in [0.2, 0.25) is 5.91 Å². The maximum atomic E-state index is 12.2. The molecule has 0 bridgehead atoms. The van der Waals surface area contributed by atoms with Gasteiger partial charge in [0, 0.05) is 28.8 Å². The van der Waals surface area contributed by atoms with E-state index in [4.69, 9.17) is 16.3 Å². The average Bonchev–Trinajstić information content (AvgIpc) is 2.60. The average molecular weight is 391 g/mol. The van der Waals surface area contributed by atoms with Gasteiger partial charge in [0.1, 0.15) is 0 Å². The second-order valence-electron chi connectivity index (χ2n) is 6.30. The fourth-order valence-electron chi connectivity index (χ4n) is 2.30. The number of hydrogen-bond acceptors (Lipinski definition) is 5. The number of nitro benzene ring substituents is 1. The molecular weight excluding hydrogens is 372 g/mol. The van der Waals surface area contributed by atoms with Crippen LogP contribution in [0.3, 0.4) is 0 Å². The van der Waals surface area contributed by atoms with E-state index in [2.05, 4.69) is 5.32 Å². The van der Waals surface area contributed by atoms with Gasteiger partial charge in [-0.1, -0.05) is 25.4 Å². The molecule has 0 spiro atoms. The van der Waals surface area contributed by atoms with Gasteiger partial charge < -0.3 is 10.1 Å². The Balaban J connectivity index is 1.99. The van der Waals surface area contributed by atoms with Crippen LogP contribution >= 0.6 is 11.6 Å². The fourth-order valence-corrected chi connectivity index (χ4v) is 2.47. The first kappa shape index (κ1) is 20.4. The van der Waals surface area contributed by atoms with Crippen LogP contribution in [0, 0.1) is 16.0 Å². The van der Waals surface area contributed by atoms with Crippen LogP contribution < -0.4 is 10.1 Å². The predicted molar refractivity (Wildman–Crippen MR) is 102 cm³/mol. The van der Waals surface area contributed by atoms with Crippen LogP contribution in [0.5, 0.6) is 5.75 Å². The van der Waals surface area contributed by atoms with Crippen molar-refractivity contribution in [3.05, 3.63) is 63.2 Å². The molecular formula is C19H19ClN2O5. The number of ether oxygens (including phenoxy) is 1. The Morgan fingerprint density at radius 3 is 2.44 bits per heavy atom. The molecule has 0 saturated heterocycles. The maximum Gasteiger partial charge on any atom is 0.312 e. The first-order valence-electron chi connectivity index (χ1n) is 8.26. The number of halogens is 1. The van der Waals surface area contributed by atoms with Crippen molar-refractivity contribution in [2.45, 2.75) is 20.3 Å². The van der Waals surface area contributed by atoms with E-state index < -0.39 is 4.92 Å². The number of nitrogens with one attached hydrogen (secondary N) is 1. The van der Waals surface area contributed by atoms with Gasteiger partial charge in [-0.05, 0) is 42.3 Å². The zero-order valence-electron chi connectivity index (χ0n) is 14.9. The van der Waals surface area contributed by atoms with E-state index in [1.807, 2.05) is 13.8 Å². The number of carbonyl (C=O) groups is 2. The lowest BCUT2D eigenvalue weighted by molar-refractivity contribution is -0.385. The second-order valence-corrected chi connectivity index (χ2v) is 6.74. The summed E-state index contributed by atoms with van der Waals surface area (Å²) in [5.74, 6) is -0.225. The van der Waals surface area contributed by atoms with E-state index in [9.17, 15) is 19.7 Å². The van der Waals surface area contributed by atoms with Crippen LogP contribution in [0.25, 0.3) is 0 Å². The number of hydrogen-bond donors (Lipinski definition) is 1. The largest absolute Gasteiger partial charge is 0.478 e. The van der Waals surface area contributed by atoms with Gasteiger partial charge in [-0.2, -0.15) is 0 Å². The summed E-state index contributed by atoms with van der Waals surface area (Å²) < 4.78 is 5.29. The third-order valence-corrected chi connectivity index (χ3v) is 3.80. The fraction of sp³-hybridized carbons (Fsp3) is 0.263. The summed E-state index contributed by atoms with van der Waals surface area (Å²) in [5, 5.41) is 14.0. The number of Topliss-reactive ketones (excluding diaryl/α,β-unsaturated/α-hetero) is 1. The summed E-state index contributed by atoms with van der Waals surface area (Å²) in [4.78, 5) is 34.4. The van der Waals surface area contributed by atoms with Gasteiger partial charge in [0.15, 0.2) is 18.1 Å². The Hall–Kier alpha value is -2.93. The van der Waals surface area contributed by atoms with Crippen molar-refractivity contribution in [2.24, 2.45) is 5.92 Å². The van der Waals surface area contributed by atoms with Crippen LogP contribution in [-0.4, -0.2) is 23.2 Å². The molecule has 2 aromatic rings. The minimum absolute atomic E-state index is 0.0321. The van der Waals surface area contributed by atoms with Crippen molar-refractivity contribution in [1.29, 1.82) is 0 Å². The molecule has 0 saturated carbocycles. The van der Waals surface area contributed by atoms with Gasteiger partial charge in [-0.15, -0.1) is 0 Å². The van der Waals surface area contributed by atoms with Gasteiger partial charge >= 0.3 is 5.69 Å². The molecule has 2 rings (SSSR count). The van der Waals surface area contributed by atoms with Crippen LogP contribution in [0.4, 0.5) is 11.4 Å². The van der Waals surface area contributed by atoms with Crippen molar-refractivity contribution in [3.63, 3.8) is 0 Å². The van der Waals surface area contributed by atoms with E-state index in [-0.39, 0.29) is 40.7 Å². The smallest absolute Gasteiger partial charge is 0.312 e. The number of benzene rings is 2. The molecule has 142 valence electrons. The van der Waals surface area contributed by atoms with Gasteiger partial charge in [0.25, 0.3) is 0 Å². The Kier molecular flexibility index (Phi) is 6.90. The van der Waals surface area contributed by atoms with E-state index in [1.54, 1.807) is 24.3 Å². The van der Waals surface area contributed by atoms with Crippen LogP contribution in [0.15, 0.2) is 42.5 Å². The summed E-state index contributed by atoms with van der Waals surface area (Å²) in [5.41, 5.74) is 0.651. The third-order valence-electron chi connectivity index (χ3n) is 3.56. The highest BCUT2D eigenvalue weighted by atomic mass is 35.5. The minimum Gasteiger partial charge on any atom is -0.478 e. The quantitative estimate of drug-likeness (QED) is 0.406. The zero-order chi connectivity index (χ0) is 20.0. The Morgan fingerprint density at radius 2 is 1.85 bits per heavy atom. The highest BCUT2D eigenvalue weighted by Gasteiger charge is 2.17. The number of nitro groups is 1. The van der Waals surface area contributed by atoms with E-state index in [1.165, 1.54) is 12.1 Å². The SMILES string of the molecule is CC(C)CC(=O)Nc1ccc(C(=O)COc2ccc(Cl)cc2[N+](=O)[O-])cc1. The first-order valence-corrected chi connectivity index (χ1v) is 8.64. The summed E-state index contributed by atoms with van der Waals surface area (Å²) in [7, 11) is 0. The van der Waals surface area contributed by atoms with Crippen molar-refractivity contribution in [2.75, 3.05) is 11.9 Å². The Morgan fingerprint density at radius 1 is 1.19 bits per heavy atom. The summed E-state index contributed by atoms with van der Waals surface area (Å²) in [6, 6.07) is 10.3. The van der Waals surface area contributed by atoms with E-state index in [0.717, 1.165) is 6.07 Å². The molecule has 2 aromatic carbocycles. The normalized spacial score (nSPS) is 10.5. The van der Waals surface area contributed by atoms with Crippen LogP contribution in [0.2, 0.25) is 5.02 Å². The molecule has 0 aliphatic heterocycles. The summed E-state index contributed by atoms with van der Waals surface area (Å²) in [6.07, 6.45) is 0.411. The molecule has 0 atom stereocenters. The molecule has 8 heteroatoms. The molecule has 0 aromatic heterocycles. The third kappa shape index (κ3) is 6.07. The van der Waals surface area contributed by atoms with Crippen LogP contribution in [0.1, 0.15) is 30.6 Å². The molecule has 1 N–H and O–H groups in total. The molecule has 0 radical (unpaired) electrons. The lowest BCUT2D eigenvalue weighted by Gasteiger charge is -2.09. The predicted octanol–water partition coefficient (Wildman–Crippen LogP) is 4.49. The van der Waals surface area contributed by atoms with Gasteiger partial charge in [-0.3, -0.25) is 19.7 Å². The number of rotatable bonds is 8. The maximum absolute atomic E-state index is 12.2. The molecule has 0 aliphatic carbocycles. The molecule has 1 amide bonds. The highest BCUT2D eigenvalue weighted by Crippen LogP contribution is 2.30. The van der Waals surface area contributed by atoms with Crippen molar-refractivity contribution >= 4 is 34.7 Å². The van der Waals surface area contributed by atoms with Crippen LogP contribution in [-0.2, 0) is 4.79 Å². The van der Waals surface area contributed by atoms with Crippen molar-refractivity contribution in [1.82, 2.24) is 0 Å². The summed E-state index contributed by atoms with van der Waals surface area (Å²) in [6.45, 7) is 3.54. The minimum atomic E-state index is -0.625. The molecule has 27 heavy (non-hydrogen) atoms.